The predicted molar refractivity (Wildman–Crippen MR) is 93.4 cm³/mol. The minimum Gasteiger partial charge on any atom is -0.342 e. The summed E-state index contributed by atoms with van der Waals surface area (Å²) in [7, 11) is 0. The molecule has 0 aliphatic rings. The first-order chi connectivity index (χ1) is 11.3. The Kier molecular flexibility index (Phi) is 4.19. The number of fused-ring (bicyclic) bond motifs is 1. The molecule has 0 aliphatic carbocycles. The number of nitrogens with zero attached hydrogens (tertiary/aromatic N) is 3. The Hall–Kier alpha value is -2.18. The van der Waals surface area contributed by atoms with Gasteiger partial charge in [0.15, 0.2) is 5.69 Å². The molecule has 2 heterocycles. The van der Waals surface area contributed by atoms with Crippen LogP contribution in [-0.4, -0.2) is 26.1 Å². The summed E-state index contributed by atoms with van der Waals surface area (Å²) in [5.74, 6) is -0.352. The monoisotopic (exact) mass is 363 g/mol. The number of hydrogen-bond acceptors (Lipinski definition) is 4. The standard InChI is InChI=1S/C16H15Cl2N5O/c1-8-11-12(20-15(18)19-8)13(23-22-11)14(24)21-16(2,3)9-4-6-10(17)7-5-9/h4-7H,1-3H3,(H,21,24)(H,22,23). The van der Waals surface area contributed by atoms with E-state index >= 15 is 0 Å². The summed E-state index contributed by atoms with van der Waals surface area (Å²) in [5, 5.41) is 10.5. The lowest BCUT2D eigenvalue weighted by atomic mass is 9.94. The number of H-pyrrole nitrogens is 1. The molecule has 0 aliphatic heterocycles. The third-order valence-corrected chi connectivity index (χ3v) is 4.19. The number of aromatic nitrogens is 4. The summed E-state index contributed by atoms with van der Waals surface area (Å²) in [6, 6.07) is 7.30. The molecule has 6 nitrogen and oxygen atoms in total. The van der Waals surface area contributed by atoms with Gasteiger partial charge in [-0.05, 0) is 50.1 Å². The van der Waals surface area contributed by atoms with Crippen LogP contribution in [0.25, 0.3) is 11.0 Å². The van der Waals surface area contributed by atoms with Crippen LogP contribution in [0.1, 0.15) is 35.6 Å². The minimum absolute atomic E-state index is 0.0763. The molecule has 0 saturated carbocycles. The number of amides is 1. The molecule has 0 fully saturated rings. The van der Waals surface area contributed by atoms with Gasteiger partial charge in [0.1, 0.15) is 11.0 Å². The van der Waals surface area contributed by atoms with Crippen LogP contribution in [0, 0.1) is 6.92 Å². The molecule has 124 valence electrons. The van der Waals surface area contributed by atoms with E-state index in [0.717, 1.165) is 5.56 Å². The summed E-state index contributed by atoms with van der Waals surface area (Å²) in [5.41, 5.74) is 2.11. The van der Waals surface area contributed by atoms with Crippen molar-refractivity contribution in [2.45, 2.75) is 26.3 Å². The molecule has 0 radical (unpaired) electrons. The molecule has 8 heteroatoms. The zero-order valence-electron chi connectivity index (χ0n) is 13.3. The summed E-state index contributed by atoms with van der Waals surface area (Å²) < 4.78 is 0. The highest BCUT2D eigenvalue weighted by molar-refractivity contribution is 6.30. The fourth-order valence-corrected chi connectivity index (χ4v) is 2.79. The maximum Gasteiger partial charge on any atom is 0.274 e. The predicted octanol–water partition coefficient (Wildman–Crippen LogP) is 3.63. The highest BCUT2D eigenvalue weighted by Crippen LogP contribution is 2.24. The summed E-state index contributed by atoms with van der Waals surface area (Å²) >= 11 is 11.8. The first kappa shape index (κ1) is 16.7. The Labute approximate surface area is 148 Å². The van der Waals surface area contributed by atoms with Crippen molar-refractivity contribution in [1.29, 1.82) is 0 Å². The highest BCUT2D eigenvalue weighted by Gasteiger charge is 2.26. The van der Waals surface area contributed by atoms with E-state index in [0.29, 0.717) is 21.7 Å². The van der Waals surface area contributed by atoms with Crippen molar-refractivity contribution in [3.63, 3.8) is 0 Å². The van der Waals surface area contributed by atoms with Gasteiger partial charge in [-0.2, -0.15) is 5.10 Å². The summed E-state index contributed by atoms with van der Waals surface area (Å²) in [6.45, 7) is 5.57. The average molecular weight is 364 g/mol. The van der Waals surface area contributed by atoms with Gasteiger partial charge in [-0.15, -0.1) is 0 Å². The highest BCUT2D eigenvalue weighted by atomic mass is 35.5. The SMILES string of the molecule is Cc1nc(Cl)nc2c(C(=O)NC(C)(C)c3ccc(Cl)cc3)n[nH]c12. The Morgan fingerprint density at radius 3 is 2.50 bits per heavy atom. The Morgan fingerprint density at radius 1 is 1.17 bits per heavy atom. The smallest absolute Gasteiger partial charge is 0.274 e. The van der Waals surface area contributed by atoms with Crippen LogP contribution in [0.4, 0.5) is 0 Å². The third-order valence-electron chi connectivity index (χ3n) is 3.77. The van der Waals surface area contributed by atoms with Crippen LogP contribution >= 0.6 is 23.2 Å². The van der Waals surface area contributed by atoms with Gasteiger partial charge < -0.3 is 5.32 Å². The molecule has 0 spiro atoms. The van der Waals surface area contributed by atoms with Crippen molar-refractivity contribution < 1.29 is 4.79 Å². The molecule has 2 N–H and O–H groups in total. The fourth-order valence-electron chi connectivity index (χ4n) is 2.45. The number of benzene rings is 1. The Morgan fingerprint density at radius 2 is 1.83 bits per heavy atom. The Bertz CT molecular complexity index is 918. The van der Waals surface area contributed by atoms with Crippen LogP contribution in [0.15, 0.2) is 24.3 Å². The average Bonchev–Trinajstić information content (AvgIpc) is 2.91. The van der Waals surface area contributed by atoms with Gasteiger partial charge >= 0.3 is 0 Å². The largest absolute Gasteiger partial charge is 0.342 e. The van der Waals surface area contributed by atoms with E-state index in [2.05, 4.69) is 25.5 Å². The van der Waals surface area contributed by atoms with Crippen molar-refractivity contribution in [3.05, 3.63) is 51.5 Å². The van der Waals surface area contributed by atoms with Crippen molar-refractivity contribution in [2.24, 2.45) is 0 Å². The number of carbonyl (C=O) groups is 1. The van der Waals surface area contributed by atoms with E-state index in [9.17, 15) is 4.79 Å². The number of hydrogen-bond donors (Lipinski definition) is 2. The lowest BCUT2D eigenvalue weighted by molar-refractivity contribution is 0.0908. The summed E-state index contributed by atoms with van der Waals surface area (Å²) in [6.07, 6.45) is 0. The van der Waals surface area contributed by atoms with E-state index in [4.69, 9.17) is 23.2 Å². The lowest BCUT2D eigenvalue weighted by Gasteiger charge is -2.26. The van der Waals surface area contributed by atoms with Crippen molar-refractivity contribution in [2.75, 3.05) is 0 Å². The molecule has 0 atom stereocenters. The molecule has 0 unspecified atom stereocenters. The van der Waals surface area contributed by atoms with Gasteiger partial charge in [-0.1, -0.05) is 23.7 Å². The van der Waals surface area contributed by atoms with Crippen molar-refractivity contribution >= 4 is 40.1 Å². The first-order valence-electron chi connectivity index (χ1n) is 7.25. The minimum atomic E-state index is -0.612. The second kappa shape index (κ2) is 6.03. The molecule has 1 amide bonds. The first-order valence-corrected chi connectivity index (χ1v) is 8.00. The lowest BCUT2D eigenvalue weighted by Crippen LogP contribution is -2.41. The molecule has 0 saturated heterocycles. The van der Waals surface area contributed by atoms with E-state index < -0.39 is 5.54 Å². The normalized spacial score (nSPS) is 11.7. The summed E-state index contributed by atoms with van der Waals surface area (Å²) in [4.78, 5) is 20.8. The van der Waals surface area contributed by atoms with Crippen molar-refractivity contribution in [3.8, 4) is 0 Å². The number of aromatic amines is 1. The third kappa shape index (κ3) is 3.07. The number of aryl methyl sites for hydroxylation is 1. The van der Waals surface area contributed by atoms with Gasteiger partial charge in [-0.25, -0.2) is 9.97 Å². The molecule has 1 aromatic carbocycles. The van der Waals surface area contributed by atoms with Gasteiger partial charge in [-0.3, -0.25) is 9.89 Å². The van der Waals surface area contributed by atoms with Crippen LogP contribution in [-0.2, 0) is 5.54 Å². The quantitative estimate of drug-likeness (QED) is 0.695. The van der Waals surface area contributed by atoms with Crippen LogP contribution in [0.5, 0.6) is 0 Å². The van der Waals surface area contributed by atoms with E-state index in [1.165, 1.54) is 0 Å². The molecule has 2 aromatic heterocycles. The van der Waals surface area contributed by atoms with Crippen LogP contribution in [0.3, 0.4) is 0 Å². The zero-order chi connectivity index (χ0) is 17.5. The van der Waals surface area contributed by atoms with Crippen molar-refractivity contribution in [1.82, 2.24) is 25.5 Å². The van der Waals surface area contributed by atoms with Crippen LogP contribution < -0.4 is 5.32 Å². The topological polar surface area (TPSA) is 83.6 Å². The van der Waals surface area contributed by atoms with Gasteiger partial charge in [0, 0.05) is 5.02 Å². The maximum atomic E-state index is 12.7. The fraction of sp³-hybridized carbons (Fsp3) is 0.250. The number of nitrogens with one attached hydrogen (secondary N) is 2. The number of halogens is 2. The number of rotatable bonds is 3. The number of carbonyl (C=O) groups excluding carboxylic acids is 1. The van der Waals surface area contributed by atoms with E-state index in [1.54, 1.807) is 19.1 Å². The van der Waals surface area contributed by atoms with E-state index in [1.807, 2.05) is 26.0 Å². The van der Waals surface area contributed by atoms with Gasteiger partial charge in [0.2, 0.25) is 5.28 Å². The van der Waals surface area contributed by atoms with Gasteiger partial charge in [0.25, 0.3) is 5.91 Å². The van der Waals surface area contributed by atoms with Gasteiger partial charge in [0.05, 0.1) is 11.2 Å². The molecule has 3 aromatic rings. The Balaban J connectivity index is 1.93. The maximum absolute atomic E-state index is 12.7. The second-order valence-corrected chi connectivity index (χ2v) is 6.73. The molecule has 0 bridgehead atoms. The molecular weight excluding hydrogens is 349 g/mol. The van der Waals surface area contributed by atoms with Crippen LogP contribution in [0.2, 0.25) is 10.3 Å². The molecule has 3 rings (SSSR count). The second-order valence-electron chi connectivity index (χ2n) is 5.96. The van der Waals surface area contributed by atoms with E-state index in [-0.39, 0.29) is 16.9 Å². The zero-order valence-corrected chi connectivity index (χ0v) is 14.8. The molecule has 24 heavy (non-hydrogen) atoms. The molecular formula is C16H15Cl2N5O.